The minimum absolute atomic E-state index is 0.337. The molecule has 0 saturated heterocycles. The van der Waals surface area contributed by atoms with Crippen molar-refractivity contribution in [3.63, 3.8) is 0 Å². The van der Waals surface area contributed by atoms with Crippen molar-refractivity contribution in [3.05, 3.63) is 96.2 Å². The summed E-state index contributed by atoms with van der Waals surface area (Å²) in [6.07, 6.45) is -0.921. The summed E-state index contributed by atoms with van der Waals surface area (Å²) in [5, 5.41) is 14.7. The molecule has 4 aromatic rings. The summed E-state index contributed by atoms with van der Waals surface area (Å²) in [4.78, 5) is 13.1. The van der Waals surface area contributed by atoms with Crippen LogP contribution in [-0.2, 0) is 0 Å². The molecule has 1 aromatic heterocycles. The number of anilines is 1. The van der Waals surface area contributed by atoms with E-state index in [1.165, 1.54) is 4.57 Å². The van der Waals surface area contributed by atoms with E-state index >= 15 is 0 Å². The number of benzene rings is 3. The average Bonchev–Trinajstić information content (AvgIpc) is 3.14. The van der Waals surface area contributed by atoms with Gasteiger partial charge in [0.25, 0.3) is 0 Å². The molecular weight excluding hydrogens is 352 g/mol. The van der Waals surface area contributed by atoms with Crippen molar-refractivity contribution in [1.82, 2.24) is 4.57 Å². The molecule has 5 nitrogen and oxygen atoms in total. The van der Waals surface area contributed by atoms with E-state index in [4.69, 9.17) is 4.74 Å². The monoisotopic (exact) mass is 372 g/mol. The summed E-state index contributed by atoms with van der Waals surface area (Å²) in [6, 6.07) is 25.5. The van der Waals surface area contributed by atoms with Gasteiger partial charge in [0.05, 0.1) is 18.3 Å². The Morgan fingerprint density at radius 3 is 2.36 bits per heavy atom. The fourth-order valence-electron chi connectivity index (χ4n) is 3.26. The lowest BCUT2D eigenvalue weighted by Crippen LogP contribution is -2.22. The Morgan fingerprint density at radius 2 is 1.64 bits per heavy atom. The molecule has 0 bridgehead atoms. The summed E-state index contributed by atoms with van der Waals surface area (Å²) in [5.41, 5.74) is 2.62. The Balaban J connectivity index is 1.75. The number of carbonyl (C=O) groups excluding carboxylic acids is 1. The first-order chi connectivity index (χ1) is 13.7. The maximum Gasteiger partial charge on any atom is 0.330 e. The van der Waals surface area contributed by atoms with E-state index in [9.17, 15) is 9.90 Å². The van der Waals surface area contributed by atoms with Gasteiger partial charge in [0.1, 0.15) is 11.9 Å². The van der Waals surface area contributed by atoms with Crippen LogP contribution in [0.15, 0.2) is 84.9 Å². The Labute approximate surface area is 162 Å². The molecule has 0 radical (unpaired) electrons. The number of para-hydroxylation sites is 1. The zero-order valence-corrected chi connectivity index (χ0v) is 15.4. The summed E-state index contributed by atoms with van der Waals surface area (Å²) in [6.45, 7) is 0. The first-order valence-corrected chi connectivity index (χ1v) is 8.96. The summed E-state index contributed by atoms with van der Waals surface area (Å²) in [7, 11) is 1.59. The first kappa shape index (κ1) is 17.8. The third kappa shape index (κ3) is 3.35. The molecule has 28 heavy (non-hydrogen) atoms. The van der Waals surface area contributed by atoms with E-state index in [2.05, 4.69) is 5.32 Å². The van der Waals surface area contributed by atoms with Gasteiger partial charge in [-0.05, 0) is 42.0 Å². The van der Waals surface area contributed by atoms with Crippen molar-refractivity contribution in [2.75, 3.05) is 12.4 Å². The van der Waals surface area contributed by atoms with Crippen LogP contribution >= 0.6 is 0 Å². The van der Waals surface area contributed by atoms with Gasteiger partial charge in [-0.15, -0.1) is 0 Å². The fraction of sp³-hybridized carbons (Fsp3) is 0.0870. The van der Waals surface area contributed by atoms with Gasteiger partial charge in [0.15, 0.2) is 0 Å². The number of hydrogen-bond donors (Lipinski definition) is 2. The van der Waals surface area contributed by atoms with E-state index in [-0.39, 0.29) is 6.03 Å². The number of ether oxygens (including phenoxy) is 1. The summed E-state index contributed by atoms with van der Waals surface area (Å²) >= 11 is 0. The molecular formula is C23H20N2O3. The van der Waals surface area contributed by atoms with Crippen molar-refractivity contribution in [2.24, 2.45) is 0 Å². The van der Waals surface area contributed by atoms with E-state index in [1.807, 2.05) is 60.7 Å². The topological polar surface area (TPSA) is 63.5 Å². The molecule has 1 unspecified atom stereocenters. The van der Waals surface area contributed by atoms with Gasteiger partial charge in [-0.1, -0.05) is 48.5 Å². The summed E-state index contributed by atoms with van der Waals surface area (Å²) < 4.78 is 6.68. The van der Waals surface area contributed by atoms with Gasteiger partial charge in [0.2, 0.25) is 0 Å². The number of aliphatic hydroxyl groups excluding tert-OH is 1. The predicted molar refractivity (Wildman–Crippen MR) is 110 cm³/mol. The SMILES string of the molecule is COc1ccc(NC(=O)n2c(C(O)c3ccccc3)cc3ccccc32)cc1. The number of aliphatic hydroxyl groups is 1. The molecule has 0 spiro atoms. The van der Waals surface area contributed by atoms with E-state index in [0.29, 0.717) is 17.1 Å². The molecule has 0 saturated carbocycles. The number of fused-ring (bicyclic) bond motifs is 1. The fourth-order valence-corrected chi connectivity index (χ4v) is 3.26. The largest absolute Gasteiger partial charge is 0.497 e. The van der Waals surface area contributed by atoms with E-state index < -0.39 is 6.10 Å². The normalized spacial score (nSPS) is 11.9. The highest BCUT2D eigenvalue weighted by molar-refractivity contribution is 5.99. The van der Waals surface area contributed by atoms with Gasteiger partial charge < -0.3 is 15.2 Å². The number of nitrogens with zero attached hydrogens (tertiary/aromatic N) is 1. The quantitative estimate of drug-likeness (QED) is 0.540. The number of carbonyl (C=O) groups is 1. The highest BCUT2D eigenvalue weighted by Gasteiger charge is 2.21. The number of nitrogens with one attached hydrogen (secondary N) is 1. The standard InChI is InChI=1S/C23H20N2O3/c1-28-19-13-11-18(12-14-19)24-23(27)25-20-10-6-5-9-17(20)15-21(25)22(26)16-7-3-2-4-8-16/h2-15,22,26H,1H3,(H,24,27). The molecule has 0 aliphatic heterocycles. The molecule has 140 valence electrons. The Bertz CT molecular complexity index is 1100. The third-order valence-corrected chi connectivity index (χ3v) is 4.68. The first-order valence-electron chi connectivity index (χ1n) is 8.96. The number of amides is 1. The lowest BCUT2D eigenvalue weighted by molar-refractivity contribution is 0.209. The van der Waals surface area contributed by atoms with E-state index in [0.717, 1.165) is 16.5 Å². The summed E-state index contributed by atoms with van der Waals surface area (Å²) in [5.74, 6) is 0.713. The predicted octanol–water partition coefficient (Wildman–Crippen LogP) is 4.81. The number of methoxy groups -OCH3 is 1. The van der Waals surface area contributed by atoms with E-state index in [1.54, 1.807) is 31.4 Å². The highest BCUT2D eigenvalue weighted by atomic mass is 16.5. The van der Waals surface area contributed by atoms with Crippen LogP contribution in [0, 0.1) is 0 Å². The van der Waals surface area contributed by atoms with Crippen LogP contribution in [0.5, 0.6) is 5.75 Å². The zero-order valence-electron chi connectivity index (χ0n) is 15.4. The second-order valence-corrected chi connectivity index (χ2v) is 6.44. The average molecular weight is 372 g/mol. The van der Waals surface area contributed by atoms with Crippen LogP contribution in [0.4, 0.5) is 10.5 Å². The maximum absolute atomic E-state index is 13.1. The van der Waals surface area contributed by atoms with Crippen LogP contribution in [0.3, 0.4) is 0 Å². The maximum atomic E-state index is 13.1. The van der Waals surface area contributed by atoms with Gasteiger partial charge in [0, 0.05) is 11.1 Å². The van der Waals surface area contributed by atoms with Crippen LogP contribution in [0.2, 0.25) is 0 Å². The molecule has 1 amide bonds. The number of hydrogen-bond acceptors (Lipinski definition) is 3. The Hall–Kier alpha value is -3.57. The molecule has 1 heterocycles. The molecule has 4 rings (SSSR count). The van der Waals surface area contributed by atoms with Crippen molar-refractivity contribution < 1.29 is 14.6 Å². The molecule has 0 fully saturated rings. The van der Waals surface area contributed by atoms with Gasteiger partial charge in [-0.25, -0.2) is 4.79 Å². The molecule has 0 aliphatic carbocycles. The Morgan fingerprint density at radius 1 is 0.964 bits per heavy atom. The molecule has 2 N–H and O–H groups in total. The van der Waals surface area contributed by atoms with Crippen molar-refractivity contribution in [1.29, 1.82) is 0 Å². The van der Waals surface area contributed by atoms with Crippen molar-refractivity contribution in [2.45, 2.75) is 6.10 Å². The lowest BCUT2D eigenvalue weighted by atomic mass is 10.1. The minimum atomic E-state index is -0.921. The molecule has 3 aromatic carbocycles. The van der Waals surface area contributed by atoms with Crippen LogP contribution in [0.25, 0.3) is 10.9 Å². The second-order valence-electron chi connectivity index (χ2n) is 6.44. The van der Waals surface area contributed by atoms with Crippen LogP contribution < -0.4 is 10.1 Å². The van der Waals surface area contributed by atoms with Crippen molar-refractivity contribution in [3.8, 4) is 5.75 Å². The van der Waals surface area contributed by atoms with Gasteiger partial charge >= 0.3 is 6.03 Å². The Kier molecular flexibility index (Phi) is 4.83. The molecule has 0 aliphatic rings. The highest BCUT2D eigenvalue weighted by Crippen LogP contribution is 2.29. The second kappa shape index (κ2) is 7.58. The lowest BCUT2D eigenvalue weighted by Gasteiger charge is -2.16. The molecule has 1 atom stereocenters. The number of aromatic nitrogens is 1. The molecule has 5 heteroatoms. The van der Waals surface area contributed by atoms with Crippen LogP contribution in [-0.4, -0.2) is 22.8 Å². The van der Waals surface area contributed by atoms with Gasteiger partial charge in [-0.2, -0.15) is 0 Å². The number of rotatable bonds is 4. The smallest absolute Gasteiger partial charge is 0.330 e. The zero-order chi connectivity index (χ0) is 19.5. The van der Waals surface area contributed by atoms with Crippen molar-refractivity contribution >= 4 is 22.6 Å². The minimum Gasteiger partial charge on any atom is -0.497 e. The van der Waals surface area contributed by atoms with Gasteiger partial charge in [-0.3, -0.25) is 4.57 Å². The third-order valence-electron chi connectivity index (χ3n) is 4.68. The van der Waals surface area contributed by atoms with Crippen LogP contribution in [0.1, 0.15) is 17.4 Å².